The third kappa shape index (κ3) is 5.88. The zero-order chi connectivity index (χ0) is 19.8. The molecule has 0 unspecified atom stereocenters. The van der Waals surface area contributed by atoms with Gasteiger partial charge in [-0.1, -0.05) is 23.8 Å². The van der Waals surface area contributed by atoms with E-state index in [1.54, 1.807) is 31.2 Å². The second-order valence-corrected chi connectivity index (χ2v) is 6.60. The van der Waals surface area contributed by atoms with Gasteiger partial charge in [-0.25, -0.2) is 4.39 Å². The van der Waals surface area contributed by atoms with Gasteiger partial charge < -0.3 is 20.3 Å². The number of hydrogen-bond donors (Lipinski definition) is 2. The summed E-state index contributed by atoms with van der Waals surface area (Å²) < 4.78 is 19.5. The summed E-state index contributed by atoms with van der Waals surface area (Å²) in [5, 5.41) is 6.50. The van der Waals surface area contributed by atoms with Crippen LogP contribution >= 0.6 is 0 Å². The summed E-state index contributed by atoms with van der Waals surface area (Å²) in [6, 6.07) is 11.4. The van der Waals surface area contributed by atoms with E-state index in [2.05, 4.69) is 28.6 Å². The molecule has 0 radical (unpaired) electrons. The smallest absolute Gasteiger partial charge is 0.191 e. The lowest BCUT2D eigenvalue weighted by molar-refractivity contribution is 0.409. The highest BCUT2D eigenvalue weighted by Crippen LogP contribution is 2.20. The first-order valence-corrected chi connectivity index (χ1v) is 8.98. The molecule has 0 saturated carbocycles. The number of halogens is 1. The van der Waals surface area contributed by atoms with E-state index in [0.29, 0.717) is 24.7 Å². The van der Waals surface area contributed by atoms with Gasteiger partial charge in [0.1, 0.15) is 11.6 Å². The Bertz CT molecular complexity index is 790. The van der Waals surface area contributed by atoms with Crippen LogP contribution in [0.2, 0.25) is 0 Å². The van der Waals surface area contributed by atoms with Gasteiger partial charge in [0, 0.05) is 34.2 Å². The second kappa shape index (κ2) is 9.80. The van der Waals surface area contributed by atoms with E-state index in [1.807, 2.05) is 32.3 Å². The van der Waals surface area contributed by atoms with E-state index in [9.17, 15) is 4.39 Å². The Morgan fingerprint density at radius 3 is 2.56 bits per heavy atom. The van der Waals surface area contributed by atoms with E-state index in [4.69, 9.17) is 4.74 Å². The van der Waals surface area contributed by atoms with Gasteiger partial charge in [0.15, 0.2) is 5.96 Å². The fourth-order valence-corrected chi connectivity index (χ4v) is 2.85. The quantitative estimate of drug-likeness (QED) is 0.579. The molecule has 5 nitrogen and oxygen atoms in total. The van der Waals surface area contributed by atoms with Gasteiger partial charge >= 0.3 is 0 Å². The van der Waals surface area contributed by atoms with Crippen LogP contribution in [0, 0.1) is 12.7 Å². The normalized spacial score (nSPS) is 11.3. The fraction of sp³-hybridized carbons (Fsp3) is 0.381. The molecule has 0 aromatic heterocycles. The van der Waals surface area contributed by atoms with Crippen molar-refractivity contribution in [2.75, 3.05) is 39.7 Å². The summed E-state index contributed by atoms with van der Waals surface area (Å²) in [4.78, 5) is 5.98. The van der Waals surface area contributed by atoms with Crippen LogP contribution in [-0.4, -0.2) is 40.8 Å². The Morgan fingerprint density at radius 2 is 1.93 bits per heavy atom. The molecule has 0 amide bonds. The number of methoxy groups -OCH3 is 1. The first kappa shape index (κ1) is 20.6. The van der Waals surface area contributed by atoms with Crippen molar-refractivity contribution in [3.63, 3.8) is 0 Å². The van der Waals surface area contributed by atoms with Gasteiger partial charge in [-0.15, -0.1) is 0 Å². The van der Waals surface area contributed by atoms with Crippen molar-refractivity contribution in [1.82, 2.24) is 10.6 Å². The van der Waals surface area contributed by atoms with Crippen molar-refractivity contribution in [3.8, 4) is 5.75 Å². The minimum absolute atomic E-state index is 0.228. The molecular weight excluding hydrogens is 343 g/mol. The highest BCUT2D eigenvalue weighted by Gasteiger charge is 2.07. The molecular formula is C21H29FN4O. The van der Waals surface area contributed by atoms with Crippen molar-refractivity contribution >= 4 is 11.6 Å². The predicted molar refractivity (Wildman–Crippen MR) is 110 cm³/mol. The number of ether oxygens (including phenoxy) is 1. The molecule has 0 bridgehead atoms. The van der Waals surface area contributed by atoms with Crippen LogP contribution in [0.3, 0.4) is 0 Å². The molecule has 0 aliphatic carbocycles. The van der Waals surface area contributed by atoms with Gasteiger partial charge in [0.2, 0.25) is 0 Å². The molecule has 0 heterocycles. The summed E-state index contributed by atoms with van der Waals surface area (Å²) in [5.74, 6) is 1.34. The van der Waals surface area contributed by atoms with Crippen molar-refractivity contribution in [2.45, 2.75) is 19.9 Å². The molecule has 0 saturated heterocycles. The lowest BCUT2D eigenvalue weighted by Crippen LogP contribution is -2.37. The third-order valence-corrected chi connectivity index (χ3v) is 4.30. The zero-order valence-electron chi connectivity index (χ0n) is 16.8. The molecule has 2 aromatic rings. The average Bonchev–Trinajstić information content (AvgIpc) is 2.64. The first-order valence-electron chi connectivity index (χ1n) is 8.98. The highest BCUT2D eigenvalue weighted by atomic mass is 19.1. The Labute approximate surface area is 161 Å². The summed E-state index contributed by atoms with van der Waals surface area (Å²) in [5.41, 5.74) is 3.80. The topological polar surface area (TPSA) is 48.9 Å². The van der Waals surface area contributed by atoms with Crippen molar-refractivity contribution in [1.29, 1.82) is 0 Å². The zero-order valence-corrected chi connectivity index (χ0v) is 16.8. The molecule has 0 spiro atoms. The number of aryl methyl sites for hydroxylation is 1. The van der Waals surface area contributed by atoms with E-state index in [0.717, 1.165) is 23.3 Å². The van der Waals surface area contributed by atoms with Crippen LogP contribution in [0.25, 0.3) is 0 Å². The largest absolute Gasteiger partial charge is 0.496 e. The van der Waals surface area contributed by atoms with Crippen molar-refractivity contribution in [2.24, 2.45) is 4.99 Å². The number of nitrogens with zero attached hydrogens (tertiary/aromatic N) is 2. The average molecular weight is 372 g/mol. The molecule has 2 aromatic carbocycles. The van der Waals surface area contributed by atoms with E-state index < -0.39 is 0 Å². The summed E-state index contributed by atoms with van der Waals surface area (Å²) in [6.07, 6.45) is 0.817. The molecule has 2 rings (SSSR count). The third-order valence-electron chi connectivity index (χ3n) is 4.30. The number of guanidine groups is 1. The van der Waals surface area contributed by atoms with Crippen LogP contribution in [0.4, 0.5) is 10.1 Å². The van der Waals surface area contributed by atoms with E-state index in [1.165, 1.54) is 5.56 Å². The molecule has 146 valence electrons. The van der Waals surface area contributed by atoms with Crippen molar-refractivity contribution in [3.05, 3.63) is 58.9 Å². The van der Waals surface area contributed by atoms with Gasteiger partial charge in [-0.2, -0.15) is 0 Å². The maximum Gasteiger partial charge on any atom is 0.191 e. The molecule has 0 atom stereocenters. The SMILES string of the molecule is CN=C(NCCc1cc(C)ccc1OC)NCc1ccc(N(C)C)c(F)c1. The van der Waals surface area contributed by atoms with Gasteiger partial charge in [-0.3, -0.25) is 4.99 Å². The summed E-state index contributed by atoms with van der Waals surface area (Å²) in [7, 11) is 7.05. The van der Waals surface area contributed by atoms with Crippen LogP contribution < -0.4 is 20.3 Å². The Balaban J connectivity index is 1.88. The van der Waals surface area contributed by atoms with Gasteiger partial charge in [0.05, 0.1) is 12.8 Å². The first-order chi connectivity index (χ1) is 12.9. The summed E-state index contributed by atoms with van der Waals surface area (Å²) in [6.45, 7) is 3.28. The fourth-order valence-electron chi connectivity index (χ4n) is 2.85. The number of benzene rings is 2. The maximum absolute atomic E-state index is 14.1. The predicted octanol–water partition coefficient (Wildman–Crippen LogP) is 3.12. The molecule has 0 fully saturated rings. The Kier molecular flexibility index (Phi) is 7.46. The minimum Gasteiger partial charge on any atom is -0.496 e. The minimum atomic E-state index is -0.228. The standard InChI is InChI=1S/C21H29FN4O/c1-15-6-9-20(27-5)17(12-15)10-11-24-21(23-2)25-14-16-7-8-19(26(3)4)18(22)13-16/h6-9,12-13H,10-11,14H2,1-5H3,(H2,23,24,25). The summed E-state index contributed by atoms with van der Waals surface area (Å²) >= 11 is 0. The number of hydrogen-bond acceptors (Lipinski definition) is 3. The number of anilines is 1. The van der Waals surface area contributed by atoms with E-state index in [-0.39, 0.29) is 5.82 Å². The molecule has 2 N–H and O–H groups in total. The Hall–Kier alpha value is -2.76. The van der Waals surface area contributed by atoms with Gasteiger partial charge in [0.25, 0.3) is 0 Å². The number of aliphatic imine (C=N–C) groups is 1. The Morgan fingerprint density at radius 1 is 1.15 bits per heavy atom. The monoisotopic (exact) mass is 372 g/mol. The van der Waals surface area contributed by atoms with Crippen LogP contribution in [-0.2, 0) is 13.0 Å². The molecule has 0 aliphatic rings. The lowest BCUT2D eigenvalue weighted by atomic mass is 10.1. The van der Waals surface area contributed by atoms with Gasteiger partial charge in [-0.05, 0) is 42.7 Å². The van der Waals surface area contributed by atoms with Crippen molar-refractivity contribution < 1.29 is 9.13 Å². The number of rotatable bonds is 7. The number of nitrogens with one attached hydrogen (secondary N) is 2. The maximum atomic E-state index is 14.1. The highest BCUT2D eigenvalue weighted by molar-refractivity contribution is 5.79. The van der Waals surface area contributed by atoms with Crippen LogP contribution in [0.1, 0.15) is 16.7 Å². The lowest BCUT2D eigenvalue weighted by Gasteiger charge is -2.16. The molecule has 6 heteroatoms. The molecule has 27 heavy (non-hydrogen) atoms. The van der Waals surface area contributed by atoms with Crippen LogP contribution in [0.15, 0.2) is 41.4 Å². The van der Waals surface area contributed by atoms with E-state index >= 15 is 0 Å². The second-order valence-electron chi connectivity index (χ2n) is 6.60. The van der Waals surface area contributed by atoms with Crippen LogP contribution in [0.5, 0.6) is 5.75 Å². The molecule has 0 aliphatic heterocycles.